The van der Waals surface area contributed by atoms with Crippen molar-refractivity contribution in [3.8, 4) is 0 Å². The average molecular weight is 418 g/mol. The minimum Gasteiger partial charge on any atom is -0.356 e. The SMILES string of the molecule is CC(CC(=O)NNC(=O)c1cc(Br)c[nH]1)c1ccc(C(F)(F)F)cc1. The van der Waals surface area contributed by atoms with E-state index in [1.165, 1.54) is 12.1 Å². The van der Waals surface area contributed by atoms with Crippen LogP contribution in [0.5, 0.6) is 0 Å². The lowest BCUT2D eigenvalue weighted by molar-refractivity contribution is -0.137. The summed E-state index contributed by atoms with van der Waals surface area (Å²) >= 11 is 3.19. The molecule has 1 heterocycles. The first-order chi connectivity index (χ1) is 11.7. The molecule has 1 atom stereocenters. The van der Waals surface area contributed by atoms with Crippen molar-refractivity contribution in [2.24, 2.45) is 0 Å². The van der Waals surface area contributed by atoms with Crippen molar-refractivity contribution in [1.29, 1.82) is 0 Å². The van der Waals surface area contributed by atoms with Gasteiger partial charge >= 0.3 is 6.18 Å². The predicted octanol–water partition coefficient (Wildman–Crippen LogP) is 3.75. The number of hydrogen-bond donors (Lipinski definition) is 3. The molecule has 1 unspecified atom stereocenters. The molecule has 1 aromatic carbocycles. The van der Waals surface area contributed by atoms with Gasteiger partial charge in [-0.2, -0.15) is 13.2 Å². The highest BCUT2D eigenvalue weighted by Gasteiger charge is 2.30. The van der Waals surface area contributed by atoms with E-state index in [1.54, 1.807) is 19.2 Å². The van der Waals surface area contributed by atoms with Gasteiger partial charge < -0.3 is 4.98 Å². The molecule has 9 heteroatoms. The fourth-order valence-electron chi connectivity index (χ4n) is 2.14. The van der Waals surface area contributed by atoms with E-state index in [0.29, 0.717) is 10.0 Å². The van der Waals surface area contributed by atoms with Crippen LogP contribution in [0.1, 0.15) is 40.9 Å². The normalized spacial score (nSPS) is 12.5. The lowest BCUT2D eigenvalue weighted by atomic mass is 9.96. The molecule has 0 aliphatic rings. The third-order valence-corrected chi connectivity index (χ3v) is 3.96. The molecule has 0 aliphatic carbocycles. The van der Waals surface area contributed by atoms with E-state index >= 15 is 0 Å². The Hall–Kier alpha value is -2.29. The summed E-state index contributed by atoms with van der Waals surface area (Å²) in [5.74, 6) is -1.27. The van der Waals surface area contributed by atoms with E-state index in [1.807, 2.05) is 0 Å². The van der Waals surface area contributed by atoms with Gasteiger partial charge in [-0.3, -0.25) is 20.4 Å². The number of rotatable bonds is 4. The molecule has 134 valence electrons. The largest absolute Gasteiger partial charge is 0.416 e. The number of aromatic amines is 1. The summed E-state index contributed by atoms with van der Waals surface area (Å²) in [5.41, 5.74) is 4.66. The Labute approximate surface area is 150 Å². The molecule has 2 amide bonds. The summed E-state index contributed by atoms with van der Waals surface area (Å²) in [6.45, 7) is 1.71. The van der Waals surface area contributed by atoms with Crippen LogP contribution < -0.4 is 10.9 Å². The maximum absolute atomic E-state index is 12.5. The van der Waals surface area contributed by atoms with Crippen molar-refractivity contribution < 1.29 is 22.8 Å². The monoisotopic (exact) mass is 417 g/mol. The van der Waals surface area contributed by atoms with Gasteiger partial charge in [0.05, 0.1) is 5.56 Å². The second-order valence-corrected chi connectivity index (χ2v) is 6.37. The Balaban J connectivity index is 1.86. The summed E-state index contributed by atoms with van der Waals surface area (Å²) in [6.07, 6.45) is -2.81. The number of aromatic nitrogens is 1. The second kappa shape index (κ2) is 7.73. The number of halogens is 4. The van der Waals surface area contributed by atoms with Crippen LogP contribution in [0.15, 0.2) is 41.0 Å². The van der Waals surface area contributed by atoms with Crippen LogP contribution in [0.4, 0.5) is 13.2 Å². The van der Waals surface area contributed by atoms with Gasteiger partial charge in [-0.1, -0.05) is 19.1 Å². The number of carbonyl (C=O) groups excluding carboxylic acids is 2. The molecule has 0 fully saturated rings. The minimum absolute atomic E-state index is 0.0140. The zero-order valence-corrected chi connectivity index (χ0v) is 14.7. The Kier molecular flexibility index (Phi) is 5.89. The number of hydrogen-bond acceptors (Lipinski definition) is 2. The van der Waals surface area contributed by atoms with E-state index in [4.69, 9.17) is 0 Å². The maximum atomic E-state index is 12.5. The van der Waals surface area contributed by atoms with Crippen molar-refractivity contribution in [1.82, 2.24) is 15.8 Å². The van der Waals surface area contributed by atoms with Crippen LogP contribution in [0.3, 0.4) is 0 Å². The number of alkyl halides is 3. The third-order valence-electron chi connectivity index (χ3n) is 3.51. The number of nitrogens with one attached hydrogen (secondary N) is 3. The summed E-state index contributed by atoms with van der Waals surface area (Å²) in [6, 6.07) is 6.20. The van der Waals surface area contributed by atoms with E-state index in [0.717, 1.165) is 12.1 Å². The van der Waals surface area contributed by atoms with E-state index in [9.17, 15) is 22.8 Å². The third kappa shape index (κ3) is 5.35. The predicted molar refractivity (Wildman–Crippen MR) is 88.6 cm³/mol. The van der Waals surface area contributed by atoms with Crippen molar-refractivity contribution in [3.05, 3.63) is 57.8 Å². The van der Waals surface area contributed by atoms with Gasteiger partial charge in [0.25, 0.3) is 5.91 Å². The molecule has 0 bridgehead atoms. The standard InChI is InChI=1S/C16H15BrF3N3O2/c1-9(10-2-4-11(5-3-10)16(18,19)20)6-14(24)22-23-15(25)13-7-12(17)8-21-13/h2-5,7-9,21H,6H2,1H3,(H,22,24)(H,23,25). The highest BCUT2D eigenvalue weighted by molar-refractivity contribution is 9.10. The molecule has 0 spiro atoms. The molecule has 0 saturated heterocycles. The number of carbonyl (C=O) groups is 2. The average Bonchev–Trinajstić information content (AvgIpc) is 2.98. The van der Waals surface area contributed by atoms with Crippen LogP contribution in [0, 0.1) is 0 Å². The molecule has 0 aliphatic heterocycles. The van der Waals surface area contributed by atoms with Crippen LogP contribution in [0.25, 0.3) is 0 Å². The van der Waals surface area contributed by atoms with E-state index in [-0.39, 0.29) is 18.0 Å². The first kappa shape index (κ1) is 19.0. The Bertz CT molecular complexity index is 757. The topological polar surface area (TPSA) is 74.0 Å². The molecular weight excluding hydrogens is 403 g/mol. The quantitative estimate of drug-likeness (QED) is 0.662. The fraction of sp³-hybridized carbons (Fsp3) is 0.250. The zero-order valence-electron chi connectivity index (χ0n) is 13.1. The van der Waals surface area contributed by atoms with Gasteiger partial charge in [0.1, 0.15) is 5.69 Å². The van der Waals surface area contributed by atoms with E-state index < -0.39 is 23.6 Å². The lowest BCUT2D eigenvalue weighted by Crippen LogP contribution is -2.42. The minimum atomic E-state index is -4.39. The number of amides is 2. The van der Waals surface area contributed by atoms with Crippen molar-refractivity contribution >= 4 is 27.7 Å². The van der Waals surface area contributed by atoms with Crippen LogP contribution >= 0.6 is 15.9 Å². The molecule has 0 saturated carbocycles. The Morgan fingerprint density at radius 2 is 1.84 bits per heavy atom. The van der Waals surface area contributed by atoms with Crippen molar-refractivity contribution in [2.75, 3.05) is 0 Å². The van der Waals surface area contributed by atoms with Crippen molar-refractivity contribution in [3.63, 3.8) is 0 Å². The molecule has 3 N–H and O–H groups in total. The summed E-state index contributed by atoms with van der Waals surface area (Å²) in [7, 11) is 0. The molecule has 25 heavy (non-hydrogen) atoms. The van der Waals surface area contributed by atoms with Gasteiger partial charge in [-0.05, 0) is 45.6 Å². The maximum Gasteiger partial charge on any atom is 0.416 e. The molecule has 2 rings (SSSR count). The lowest BCUT2D eigenvalue weighted by Gasteiger charge is -2.14. The Morgan fingerprint density at radius 1 is 1.20 bits per heavy atom. The molecule has 2 aromatic rings. The second-order valence-electron chi connectivity index (χ2n) is 5.46. The van der Waals surface area contributed by atoms with Gasteiger partial charge in [-0.25, -0.2) is 0 Å². The van der Waals surface area contributed by atoms with Crippen LogP contribution in [-0.2, 0) is 11.0 Å². The highest BCUT2D eigenvalue weighted by atomic mass is 79.9. The number of H-pyrrole nitrogens is 1. The van der Waals surface area contributed by atoms with Crippen molar-refractivity contribution in [2.45, 2.75) is 25.4 Å². The number of hydrazine groups is 1. The molecule has 5 nitrogen and oxygen atoms in total. The smallest absolute Gasteiger partial charge is 0.356 e. The first-order valence-electron chi connectivity index (χ1n) is 7.27. The summed E-state index contributed by atoms with van der Waals surface area (Å²) in [5, 5.41) is 0. The van der Waals surface area contributed by atoms with Gasteiger partial charge in [0.15, 0.2) is 0 Å². The van der Waals surface area contributed by atoms with Gasteiger partial charge in [-0.15, -0.1) is 0 Å². The summed E-state index contributed by atoms with van der Waals surface area (Å²) in [4.78, 5) is 26.3. The molecule has 0 radical (unpaired) electrons. The zero-order chi connectivity index (χ0) is 18.6. The first-order valence-corrected chi connectivity index (χ1v) is 8.06. The van der Waals surface area contributed by atoms with Gasteiger partial charge in [0.2, 0.25) is 5.91 Å². The number of benzene rings is 1. The Morgan fingerprint density at radius 3 is 2.36 bits per heavy atom. The van der Waals surface area contributed by atoms with Crippen LogP contribution in [0.2, 0.25) is 0 Å². The van der Waals surface area contributed by atoms with E-state index in [2.05, 4.69) is 31.8 Å². The molecule has 1 aromatic heterocycles. The fourth-order valence-corrected chi connectivity index (χ4v) is 2.48. The summed E-state index contributed by atoms with van der Waals surface area (Å²) < 4.78 is 38.3. The molecular formula is C16H15BrF3N3O2. The van der Waals surface area contributed by atoms with Gasteiger partial charge in [0, 0.05) is 17.1 Å². The van der Waals surface area contributed by atoms with Crippen LogP contribution in [-0.4, -0.2) is 16.8 Å². The highest BCUT2D eigenvalue weighted by Crippen LogP contribution is 2.30.